The molecule has 16 heavy (non-hydrogen) atoms. The maximum atomic E-state index is 13.5. The van der Waals surface area contributed by atoms with Gasteiger partial charge in [0.2, 0.25) is 5.91 Å². The number of carbonyl (C=O) groups is 1. The van der Waals surface area contributed by atoms with Crippen LogP contribution in [0, 0.1) is 11.2 Å². The van der Waals surface area contributed by atoms with Crippen LogP contribution >= 0.6 is 15.9 Å². The van der Waals surface area contributed by atoms with E-state index in [9.17, 15) is 9.18 Å². The normalized spacial score (nSPS) is 11.3. The lowest BCUT2D eigenvalue weighted by molar-refractivity contribution is -0.124. The Hall–Kier alpha value is -0.900. The Labute approximate surface area is 103 Å². The van der Waals surface area contributed by atoms with Gasteiger partial charge < -0.3 is 5.32 Å². The molecule has 0 unspecified atom stereocenters. The topological polar surface area (TPSA) is 29.1 Å². The van der Waals surface area contributed by atoms with E-state index in [1.165, 1.54) is 6.07 Å². The first-order valence-corrected chi connectivity index (χ1v) is 5.92. The van der Waals surface area contributed by atoms with E-state index in [0.29, 0.717) is 10.9 Å². The van der Waals surface area contributed by atoms with E-state index in [1.54, 1.807) is 12.1 Å². The van der Waals surface area contributed by atoms with E-state index in [2.05, 4.69) is 21.2 Å². The highest BCUT2D eigenvalue weighted by molar-refractivity contribution is 9.10. The summed E-state index contributed by atoms with van der Waals surface area (Å²) in [6.07, 6.45) is 0.705. The fourth-order valence-electron chi connectivity index (χ4n) is 1.04. The molecule has 0 fully saturated rings. The van der Waals surface area contributed by atoms with Gasteiger partial charge in [0.25, 0.3) is 0 Å². The summed E-state index contributed by atoms with van der Waals surface area (Å²) in [7, 11) is 0. The van der Waals surface area contributed by atoms with E-state index in [0.717, 1.165) is 0 Å². The predicted octanol–water partition coefficient (Wildman–Crippen LogP) is 3.96. The molecule has 0 aliphatic rings. The number of rotatable bonds is 3. The highest BCUT2D eigenvalue weighted by atomic mass is 79.9. The zero-order chi connectivity index (χ0) is 12.3. The molecule has 0 saturated heterocycles. The Balaban J connectivity index is 2.85. The lowest BCUT2D eigenvalue weighted by Crippen LogP contribution is -2.30. The molecular formula is C12H15BrFNO. The van der Waals surface area contributed by atoms with Crippen molar-refractivity contribution in [2.24, 2.45) is 5.41 Å². The lowest BCUT2D eigenvalue weighted by Gasteiger charge is -2.21. The molecule has 0 aliphatic carbocycles. The van der Waals surface area contributed by atoms with Gasteiger partial charge in [-0.25, -0.2) is 4.39 Å². The molecule has 0 bridgehead atoms. The molecule has 0 radical (unpaired) electrons. The van der Waals surface area contributed by atoms with E-state index in [1.807, 2.05) is 20.8 Å². The minimum atomic E-state index is -0.487. The highest BCUT2D eigenvalue weighted by Gasteiger charge is 2.25. The molecule has 0 heterocycles. The standard InChI is InChI=1S/C12H15BrFNO/c1-4-12(2,3)11(16)15-10-6-5-8(13)7-9(10)14/h5-7H,4H2,1-3H3,(H,15,16). The van der Waals surface area contributed by atoms with Crippen LogP contribution in [-0.2, 0) is 4.79 Å². The molecule has 0 saturated carbocycles. The van der Waals surface area contributed by atoms with Crippen LogP contribution in [0.2, 0.25) is 0 Å². The van der Waals surface area contributed by atoms with Crippen molar-refractivity contribution in [2.75, 3.05) is 5.32 Å². The first-order valence-electron chi connectivity index (χ1n) is 5.13. The SMILES string of the molecule is CCC(C)(C)C(=O)Nc1ccc(Br)cc1F. The number of nitrogens with one attached hydrogen (secondary N) is 1. The van der Waals surface area contributed by atoms with Crippen LogP contribution in [0.5, 0.6) is 0 Å². The van der Waals surface area contributed by atoms with Gasteiger partial charge in [-0.3, -0.25) is 4.79 Å². The quantitative estimate of drug-likeness (QED) is 0.896. The first-order chi connectivity index (χ1) is 7.36. The van der Waals surface area contributed by atoms with Crippen LogP contribution in [0.15, 0.2) is 22.7 Å². The van der Waals surface area contributed by atoms with E-state index >= 15 is 0 Å². The van der Waals surface area contributed by atoms with Crippen molar-refractivity contribution in [1.82, 2.24) is 0 Å². The second-order valence-electron chi connectivity index (χ2n) is 4.32. The van der Waals surface area contributed by atoms with Crippen molar-refractivity contribution in [3.63, 3.8) is 0 Å². The lowest BCUT2D eigenvalue weighted by atomic mass is 9.89. The van der Waals surface area contributed by atoms with Gasteiger partial charge in [-0.2, -0.15) is 0 Å². The van der Waals surface area contributed by atoms with Crippen LogP contribution < -0.4 is 5.32 Å². The van der Waals surface area contributed by atoms with Crippen molar-refractivity contribution in [2.45, 2.75) is 27.2 Å². The molecule has 4 heteroatoms. The summed E-state index contributed by atoms with van der Waals surface area (Å²) in [4.78, 5) is 11.8. The van der Waals surface area contributed by atoms with Crippen LogP contribution in [0.4, 0.5) is 10.1 Å². The van der Waals surface area contributed by atoms with Gasteiger partial charge in [-0.05, 0) is 24.6 Å². The summed E-state index contributed by atoms with van der Waals surface area (Å²) in [6, 6.07) is 4.56. The third-order valence-corrected chi connectivity index (χ3v) is 3.17. The van der Waals surface area contributed by atoms with Gasteiger partial charge in [0.1, 0.15) is 5.82 Å². The average Bonchev–Trinajstić information content (AvgIpc) is 2.22. The van der Waals surface area contributed by atoms with Crippen LogP contribution in [-0.4, -0.2) is 5.91 Å². The Morgan fingerprint density at radius 2 is 2.12 bits per heavy atom. The summed E-state index contributed by atoms with van der Waals surface area (Å²) in [5, 5.41) is 2.59. The molecular weight excluding hydrogens is 273 g/mol. The molecule has 2 nitrogen and oxygen atoms in total. The van der Waals surface area contributed by atoms with Gasteiger partial charge in [-0.15, -0.1) is 0 Å². The maximum Gasteiger partial charge on any atom is 0.230 e. The predicted molar refractivity (Wildman–Crippen MR) is 66.8 cm³/mol. The number of amides is 1. The molecule has 0 spiro atoms. The van der Waals surface area contributed by atoms with Crippen LogP contribution in [0.1, 0.15) is 27.2 Å². The minimum absolute atomic E-state index is 0.170. The number of halogens is 2. The Bertz CT molecular complexity index is 404. The van der Waals surface area contributed by atoms with Gasteiger partial charge in [0, 0.05) is 9.89 Å². The molecule has 0 aromatic heterocycles. The zero-order valence-corrected chi connectivity index (χ0v) is 11.2. The Morgan fingerprint density at radius 1 is 1.50 bits per heavy atom. The Kier molecular flexibility index (Phi) is 4.08. The third kappa shape index (κ3) is 3.04. The molecule has 1 aromatic rings. The maximum absolute atomic E-state index is 13.5. The van der Waals surface area contributed by atoms with Crippen molar-refractivity contribution in [3.8, 4) is 0 Å². The summed E-state index contributed by atoms with van der Waals surface area (Å²) >= 11 is 3.16. The molecule has 88 valence electrons. The first kappa shape index (κ1) is 13.2. The summed E-state index contributed by atoms with van der Waals surface area (Å²) in [6.45, 7) is 5.59. The zero-order valence-electron chi connectivity index (χ0n) is 9.60. The number of hydrogen-bond donors (Lipinski definition) is 1. The van der Waals surface area contributed by atoms with Crippen molar-refractivity contribution in [1.29, 1.82) is 0 Å². The molecule has 1 N–H and O–H groups in total. The molecule has 0 atom stereocenters. The molecule has 1 rings (SSSR count). The highest BCUT2D eigenvalue weighted by Crippen LogP contribution is 2.24. The Morgan fingerprint density at radius 3 is 2.62 bits per heavy atom. The summed E-state index contributed by atoms with van der Waals surface area (Å²) < 4.78 is 14.1. The average molecular weight is 288 g/mol. The van der Waals surface area contributed by atoms with Gasteiger partial charge in [0.15, 0.2) is 0 Å². The van der Waals surface area contributed by atoms with E-state index < -0.39 is 11.2 Å². The number of anilines is 1. The second-order valence-corrected chi connectivity index (χ2v) is 5.23. The monoisotopic (exact) mass is 287 g/mol. The fraction of sp³-hybridized carbons (Fsp3) is 0.417. The van der Waals surface area contributed by atoms with Gasteiger partial charge in [-0.1, -0.05) is 36.7 Å². The number of benzene rings is 1. The van der Waals surface area contributed by atoms with Crippen molar-refractivity contribution in [3.05, 3.63) is 28.5 Å². The minimum Gasteiger partial charge on any atom is -0.323 e. The summed E-state index contributed by atoms with van der Waals surface area (Å²) in [5.41, 5.74) is -0.269. The smallest absolute Gasteiger partial charge is 0.230 e. The van der Waals surface area contributed by atoms with Crippen LogP contribution in [0.25, 0.3) is 0 Å². The van der Waals surface area contributed by atoms with Gasteiger partial charge in [0.05, 0.1) is 5.69 Å². The third-order valence-electron chi connectivity index (χ3n) is 2.68. The van der Waals surface area contributed by atoms with E-state index in [-0.39, 0.29) is 11.6 Å². The van der Waals surface area contributed by atoms with Crippen molar-refractivity contribution < 1.29 is 9.18 Å². The molecule has 1 amide bonds. The van der Waals surface area contributed by atoms with E-state index in [4.69, 9.17) is 0 Å². The number of carbonyl (C=O) groups excluding carboxylic acids is 1. The number of hydrogen-bond acceptors (Lipinski definition) is 1. The second kappa shape index (κ2) is 4.95. The largest absolute Gasteiger partial charge is 0.323 e. The summed E-state index contributed by atoms with van der Waals surface area (Å²) in [5.74, 6) is -0.606. The van der Waals surface area contributed by atoms with Crippen molar-refractivity contribution >= 4 is 27.5 Å². The molecule has 1 aromatic carbocycles. The fourth-order valence-corrected chi connectivity index (χ4v) is 1.38. The molecule has 0 aliphatic heterocycles. The van der Waals surface area contributed by atoms with Gasteiger partial charge >= 0.3 is 0 Å². The van der Waals surface area contributed by atoms with Crippen LogP contribution in [0.3, 0.4) is 0 Å².